The first kappa shape index (κ1) is 16.0. The van der Waals surface area contributed by atoms with Crippen molar-refractivity contribution < 1.29 is 18.3 Å². The zero-order valence-corrected chi connectivity index (χ0v) is 14.2. The predicted molar refractivity (Wildman–Crippen MR) is 85.3 cm³/mol. The van der Waals surface area contributed by atoms with E-state index in [1.807, 2.05) is 6.92 Å². The molecule has 0 amide bonds. The molecule has 21 heavy (non-hydrogen) atoms. The highest BCUT2D eigenvalue weighted by Gasteiger charge is 2.18. The van der Waals surface area contributed by atoms with E-state index in [4.69, 9.17) is 5.11 Å². The number of aliphatic carboxylic acids is 1. The van der Waals surface area contributed by atoms with Gasteiger partial charge in [-0.1, -0.05) is 22.0 Å². The molecule has 0 aliphatic heterocycles. The lowest BCUT2D eigenvalue weighted by Gasteiger charge is -2.07. The molecule has 2 N–H and O–H groups in total. The molecule has 0 bridgehead atoms. The minimum atomic E-state index is -3.70. The minimum absolute atomic E-state index is 0.0930. The Morgan fingerprint density at radius 1 is 1.33 bits per heavy atom. The lowest BCUT2D eigenvalue weighted by Crippen LogP contribution is -2.11. The van der Waals surface area contributed by atoms with Crippen LogP contribution in [0.1, 0.15) is 10.4 Å². The Labute approximate surface area is 134 Å². The van der Waals surface area contributed by atoms with E-state index in [9.17, 15) is 13.2 Å². The fourth-order valence-corrected chi connectivity index (χ4v) is 4.38. The lowest BCUT2D eigenvalue weighted by molar-refractivity contribution is -0.136. The molecule has 1 heterocycles. The van der Waals surface area contributed by atoms with E-state index in [1.165, 1.54) is 12.1 Å². The molecule has 0 aliphatic carbocycles. The van der Waals surface area contributed by atoms with Gasteiger partial charge in [0.05, 0.1) is 6.42 Å². The first-order valence-electron chi connectivity index (χ1n) is 5.87. The maximum atomic E-state index is 12.2. The van der Waals surface area contributed by atoms with Crippen LogP contribution < -0.4 is 4.72 Å². The molecule has 0 saturated heterocycles. The van der Waals surface area contributed by atoms with Crippen molar-refractivity contribution in [2.75, 3.05) is 4.72 Å². The summed E-state index contributed by atoms with van der Waals surface area (Å²) in [4.78, 5) is 11.1. The first-order chi connectivity index (χ1) is 9.78. The maximum Gasteiger partial charge on any atom is 0.308 e. The van der Waals surface area contributed by atoms with Crippen LogP contribution >= 0.6 is 27.3 Å². The molecule has 2 rings (SSSR count). The Hall–Kier alpha value is -1.38. The van der Waals surface area contributed by atoms with Crippen molar-refractivity contribution in [1.29, 1.82) is 0 Å². The molecule has 112 valence electrons. The summed E-state index contributed by atoms with van der Waals surface area (Å²) in [6.07, 6.45) is -0.184. The van der Waals surface area contributed by atoms with Gasteiger partial charge in [0.25, 0.3) is 10.0 Å². The molecule has 5 nitrogen and oxygen atoms in total. The molecule has 0 fully saturated rings. The normalized spacial score (nSPS) is 11.3. The summed E-state index contributed by atoms with van der Waals surface area (Å²) in [7, 11) is -3.70. The van der Waals surface area contributed by atoms with Crippen molar-refractivity contribution in [2.24, 2.45) is 0 Å². The van der Waals surface area contributed by atoms with Crippen LogP contribution in [-0.4, -0.2) is 19.5 Å². The van der Waals surface area contributed by atoms with Gasteiger partial charge in [-0.3, -0.25) is 9.52 Å². The van der Waals surface area contributed by atoms with Crippen molar-refractivity contribution in [3.8, 4) is 0 Å². The van der Waals surface area contributed by atoms with Gasteiger partial charge in [0, 0.05) is 15.0 Å². The Balaban J connectivity index is 2.23. The van der Waals surface area contributed by atoms with Crippen molar-refractivity contribution in [2.45, 2.75) is 17.6 Å². The number of nitrogens with one attached hydrogen (secondary N) is 1. The standard InChI is InChI=1S/C13H12BrNO4S2/c1-8-2-3-9(6-11(8)14)15-21(18,19)13-5-4-10(20-13)7-12(16)17/h2-6,15H,7H2,1H3,(H,16,17). The third-order valence-corrected chi connectivity index (χ3v) is 6.46. The highest BCUT2D eigenvalue weighted by atomic mass is 79.9. The summed E-state index contributed by atoms with van der Waals surface area (Å²) in [5.41, 5.74) is 1.44. The second-order valence-electron chi connectivity index (χ2n) is 4.36. The molecule has 2 aromatic rings. The molecular formula is C13H12BrNO4S2. The van der Waals surface area contributed by atoms with Crippen molar-refractivity contribution in [1.82, 2.24) is 0 Å². The highest BCUT2D eigenvalue weighted by Crippen LogP contribution is 2.26. The first-order valence-corrected chi connectivity index (χ1v) is 8.97. The third-order valence-electron chi connectivity index (χ3n) is 2.65. The van der Waals surface area contributed by atoms with Crippen LogP contribution in [0.2, 0.25) is 0 Å². The Morgan fingerprint density at radius 2 is 2.05 bits per heavy atom. The average molecular weight is 390 g/mol. The minimum Gasteiger partial charge on any atom is -0.481 e. The SMILES string of the molecule is Cc1ccc(NS(=O)(=O)c2ccc(CC(=O)O)s2)cc1Br. The van der Waals surface area contributed by atoms with E-state index in [1.54, 1.807) is 18.2 Å². The van der Waals surface area contributed by atoms with Gasteiger partial charge < -0.3 is 5.11 Å². The van der Waals surface area contributed by atoms with Gasteiger partial charge in [0.1, 0.15) is 4.21 Å². The molecular weight excluding hydrogens is 378 g/mol. The smallest absolute Gasteiger partial charge is 0.308 e. The number of rotatable bonds is 5. The maximum absolute atomic E-state index is 12.2. The van der Waals surface area contributed by atoms with Gasteiger partial charge in [0.2, 0.25) is 0 Å². The number of hydrogen-bond acceptors (Lipinski definition) is 4. The van der Waals surface area contributed by atoms with Crippen LogP contribution in [-0.2, 0) is 21.2 Å². The van der Waals surface area contributed by atoms with Crippen LogP contribution in [0.15, 0.2) is 39.0 Å². The van der Waals surface area contributed by atoms with Crippen molar-refractivity contribution >= 4 is 48.9 Å². The van der Waals surface area contributed by atoms with Gasteiger partial charge in [-0.15, -0.1) is 11.3 Å². The zero-order valence-electron chi connectivity index (χ0n) is 11.0. The number of halogens is 1. The number of sulfonamides is 1. The second-order valence-corrected chi connectivity index (χ2v) is 8.29. The summed E-state index contributed by atoms with van der Waals surface area (Å²) < 4.78 is 27.8. The molecule has 1 aromatic carbocycles. The number of carboxylic acid groups (broad SMARTS) is 1. The van der Waals surface area contributed by atoms with Crippen LogP contribution in [0.4, 0.5) is 5.69 Å². The van der Waals surface area contributed by atoms with Crippen LogP contribution in [0.3, 0.4) is 0 Å². The molecule has 1 aromatic heterocycles. The summed E-state index contributed by atoms with van der Waals surface area (Å²) >= 11 is 4.30. The van der Waals surface area contributed by atoms with E-state index in [-0.39, 0.29) is 10.6 Å². The highest BCUT2D eigenvalue weighted by molar-refractivity contribution is 9.10. The second kappa shape index (κ2) is 6.17. The van der Waals surface area contributed by atoms with Gasteiger partial charge in [-0.05, 0) is 36.8 Å². The van der Waals surface area contributed by atoms with E-state index in [0.717, 1.165) is 21.4 Å². The fraction of sp³-hybridized carbons (Fsp3) is 0.154. The Kier molecular flexibility index (Phi) is 4.70. The van der Waals surface area contributed by atoms with Gasteiger partial charge in [-0.2, -0.15) is 0 Å². The molecule has 0 atom stereocenters. The fourth-order valence-electron chi connectivity index (χ4n) is 1.61. The molecule has 0 radical (unpaired) electrons. The molecule has 0 unspecified atom stereocenters. The van der Waals surface area contributed by atoms with Crippen LogP contribution in [0.25, 0.3) is 0 Å². The average Bonchev–Trinajstić information content (AvgIpc) is 2.82. The number of anilines is 1. The summed E-state index contributed by atoms with van der Waals surface area (Å²) in [6, 6.07) is 8.07. The number of carbonyl (C=O) groups is 1. The van der Waals surface area contributed by atoms with Crippen LogP contribution in [0, 0.1) is 6.92 Å². The largest absolute Gasteiger partial charge is 0.481 e. The van der Waals surface area contributed by atoms with Gasteiger partial charge >= 0.3 is 5.97 Å². The van der Waals surface area contributed by atoms with E-state index < -0.39 is 16.0 Å². The molecule has 8 heteroatoms. The number of benzene rings is 1. The van der Waals surface area contributed by atoms with Crippen molar-refractivity contribution in [3.63, 3.8) is 0 Å². The Morgan fingerprint density at radius 3 is 2.67 bits per heavy atom. The number of thiophene rings is 1. The van der Waals surface area contributed by atoms with E-state index in [0.29, 0.717) is 10.6 Å². The molecule has 0 saturated carbocycles. The van der Waals surface area contributed by atoms with Gasteiger partial charge in [-0.25, -0.2) is 8.42 Å². The van der Waals surface area contributed by atoms with Crippen LogP contribution in [0.5, 0.6) is 0 Å². The molecule has 0 spiro atoms. The predicted octanol–water partition coefficient (Wildman–Crippen LogP) is 3.25. The lowest BCUT2D eigenvalue weighted by atomic mass is 10.2. The zero-order chi connectivity index (χ0) is 15.6. The Bertz CT molecular complexity index is 783. The third kappa shape index (κ3) is 4.05. The quantitative estimate of drug-likeness (QED) is 0.821. The molecule has 0 aliphatic rings. The number of hydrogen-bond donors (Lipinski definition) is 2. The topological polar surface area (TPSA) is 83.5 Å². The van der Waals surface area contributed by atoms with E-state index in [2.05, 4.69) is 20.7 Å². The van der Waals surface area contributed by atoms with E-state index >= 15 is 0 Å². The summed E-state index contributed by atoms with van der Waals surface area (Å²) in [5, 5.41) is 8.71. The number of aryl methyl sites for hydroxylation is 1. The summed E-state index contributed by atoms with van der Waals surface area (Å²) in [5.74, 6) is -0.990. The number of carboxylic acids is 1. The monoisotopic (exact) mass is 389 g/mol. The van der Waals surface area contributed by atoms with Crippen molar-refractivity contribution in [3.05, 3.63) is 45.2 Å². The summed E-state index contributed by atoms with van der Waals surface area (Å²) in [6.45, 7) is 1.90. The van der Waals surface area contributed by atoms with Gasteiger partial charge in [0.15, 0.2) is 0 Å².